The van der Waals surface area contributed by atoms with Crippen molar-refractivity contribution in [3.63, 3.8) is 0 Å². The monoisotopic (exact) mass is 1000 g/mol. The predicted molar refractivity (Wildman–Crippen MR) is 272 cm³/mol. The summed E-state index contributed by atoms with van der Waals surface area (Å²) in [7, 11) is 14.4. The van der Waals surface area contributed by atoms with Gasteiger partial charge in [0.2, 0.25) is 6.41 Å². The van der Waals surface area contributed by atoms with E-state index in [0.717, 1.165) is 5.57 Å². The normalized spacial score (nSPS) is 33.2. The lowest BCUT2D eigenvalue weighted by molar-refractivity contribution is -0.162. The molecule has 16 heteroatoms. The lowest BCUT2D eigenvalue weighted by Crippen LogP contribution is -2.50. The van der Waals surface area contributed by atoms with Gasteiger partial charge in [-0.25, -0.2) is 9.59 Å². The molecule has 0 saturated carbocycles. The minimum Gasteiger partial charge on any atom is -0.458 e. The van der Waals surface area contributed by atoms with E-state index in [1.807, 2.05) is 71.9 Å². The van der Waals surface area contributed by atoms with Crippen molar-refractivity contribution in [2.45, 2.75) is 154 Å². The number of aliphatic hydroxyl groups is 1. The maximum Gasteiger partial charge on any atom is 0.331 e. The Labute approximate surface area is 425 Å². The van der Waals surface area contributed by atoms with Gasteiger partial charge in [-0.15, -0.1) is 0 Å². The minimum absolute atomic E-state index is 0.0551. The van der Waals surface area contributed by atoms with Crippen LogP contribution < -0.4 is 0 Å². The van der Waals surface area contributed by atoms with Crippen molar-refractivity contribution in [1.29, 1.82) is 0 Å². The summed E-state index contributed by atoms with van der Waals surface area (Å²) in [5.74, 6) is -2.75. The van der Waals surface area contributed by atoms with E-state index in [1.165, 1.54) is 31.3 Å². The Morgan fingerprint density at radius 1 is 0.803 bits per heavy atom. The van der Waals surface area contributed by atoms with Gasteiger partial charge in [0.1, 0.15) is 30.2 Å². The van der Waals surface area contributed by atoms with E-state index in [4.69, 9.17) is 47.4 Å². The number of hydrogen-bond donors (Lipinski definition) is 1. The van der Waals surface area contributed by atoms with E-state index in [0.29, 0.717) is 50.5 Å². The maximum atomic E-state index is 13.8. The Balaban J connectivity index is 2.59. The van der Waals surface area contributed by atoms with Gasteiger partial charge in [-0.2, -0.15) is 0 Å². The molecule has 1 unspecified atom stereocenters. The molecule has 2 aliphatic rings. The van der Waals surface area contributed by atoms with Gasteiger partial charge < -0.3 is 57.4 Å². The first kappa shape index (κ1) is 63.3. The molecular weight excluding hydrogens is 915 g/mol. The summed E-state index contributed by atoms with van der Waals surface area (Å²) >= 11 is 0. The first-order valence-electron chi connectivity index (χ1n) is 24.9. The van der Waals surface area contributed by atoms with Crippen molar-refractivity contribution in [2.75, 3.05) is 63.9 Å². The molecule has 1 amide bonds. The summed E-state index contributed by atoms with van der Waals surface area (Å²) in [6.07, 6.45) is 14.2. The summed E-state index contributed by atoms with van der Waals surface area (Å²) in [5.41, 5.74) is 1.15. The van der Waals surface area contributed by atoms with Crippen LogP contribution in [0.15, 0.2) is 72.0 Å². The van der Waals surface area contributed by atoms with Gasteiger partial charge in [0.15, 0.2) is 0 Å². The molecule has 0 aromatic heterocycles. The average Bonchev–Trinajstić information content (AvgIpc) is 3.36. The lowest BCUT2D eigenvalue weighted by atomic mass is 9.81. The highest BCUT2D eigenvalue weighted by atomic mass is 16.6. The molecule has 2 heterocycles. The van der Waals surface area contributed by atoms with Gasteiger partial charge in [0.25, 0.3) is 0 Å². The van der Waals surface area contributed by atoms with Crippen LogP contribution in [0.3, 0.4) is 0 Å². The standard InChI is InChI=1S/C55H89NO15/c1-34-19-17-21-49(59)70-53(40(7)52(68-15)36(3)24-27-44(58)38(5)45(64-11)20-18-28-56(8)33-57)37(4)23-26-41(62-9)30-46(65-12)35(2)22-25-42(63-10)31-47(66-13)39(6)54-51(61)43(32-50(60)71-54)55(69-16)48(29-34)67-14/h17-19,21-23,25-26,28,32-33,35-42,45-48,51-55,61H,20,24,27,29-31H2,1-16H3/b21-17+,25-22+,26-23+,28-18+,34-19+/t35-,36-,37-,38-,39+,40-,41-,42-,45+,46-,47+,48?,51-,52-,53-,54-,55+/m1/s1. The second-order valence-electron chi connectivity index (χ2n) is 19.3. The zero-order valence-electron chi connectivity index (χ0n) is 45.5. The number of ether oxygens (including phenoxy) is 10. The summed E-state index contributed by atoms with van der Waals surface area (Å²) < 4.78 is 59.6. The van der Waals surface area contributed by atoms with E-state index >= 15 is 0 Å². The van der Waals surface area contributed by atoms with Gasteiger partial charge >= 0.3 is 11.9 Å². The summed E-state index contributed by atoms with van der Waals surface area (Å²) in [5, 5.41) is 11.8. The molecule has 2 bridgehead atoms. The third kappa shape index (κ3) is 19.8. The molecule has 2 aliphatic heterocycles. The zero-order chi connectivity index (χ0) is 53.4. The third-order valence-electron chi connectivity index (χ3n) is 14.4. The number of allylic oxidation sites excluding steroid dienone is 2. The molecule has 0 aromatic rings. The first-order chi connectivity index (χ1) is 33.8. The Bertz CT molecular complexity index is 1790. The number of aliphatic hydroxyl groups excluding tert-OH is 1. The van der Waals surface area contributed by atoms with Crippen LogP contribution in [0.4, 0.5) is 0 Å². The molecule has 16 nitrogen and oxygen atoms in total. The zero-order valence-corrected chi connectivity index (χ0v) is 45.5. The predicted octanol–water partition coefficient (Wildman–Crippen LogP) is 7.19. The second kappa shape index (κ2) is 33.1. The van der Waals surface area contributed by atoms with Gasteiger partial charge in [-0.05, 0) is 32.1 Å². The number of nitrogens with zero attached hydrogens (tertiary/aromatic N) is 1. The van der Waals surface area contributed by atoms with Crippen molar-refractivity contribution < 1.29 is 71.7 Å². The minimum atomic E-state index is -1.22. The molecule has 17 atom stereocenters. The topological polar surface area (TPSA) is 184 Å². The first-order valence-corrected chi connectivity index (χ1v) is 24.9. The van der Waals surface area contributed by atoms with Gasteiger partial charge in [0, 0.05) is 137 Å². The highest BCUT2D eigenvalue weighted by molar-refractivity contribution is 5.84. The molecular formula is C55H89NO15. The Hall–Kier alpha value is -3.84. The van der Waals surface area contributed by atoms with E-state index in [9.17, 15) is 24.3 Å². The van der Waals surface area contributed by atoms with Crippen molar-refractivity contribution in [2.24, 2.45) is 35.5 Å². The Morgan fingerprint density at radius 2 is 1.41 bits per heavy atom. The number of rotatable bonds is 20. The Kier molecular flexibility index (Phi) is 29.5. The number of hydrogen-bond acceptors (Lipinski definition) is 15. The number of carbonyl (C=O) groups excluding carboxylic acids is 4. The number of fused-ring (bicyclic) bond motifs is 2. The second-order valence-corrected chi connectivity index (χ2v) is 19.3. The quantitative estimate of drug-likeness (QED) is 0.0734. The van der Waals surface area contributed by atoms with Crippen LogP contribution in [-0.2, 0) is 66.5 Å². The maximum absolute atomic E-state index is 13.8. The van der Waals surface area contributed by atoms with Crippen LogP contribution in [0.1, 0.15) is 87.0 Å². The van der Waals surface area contributed by atoms with E-state index in [2.05, 4.69) is 6.92 Å². The van der Waals surface area contributed by atoms with Crippen LogP contribution in [0.5, 0.6) is 0 Å². The van der Waals surface area contributed by atoms with E-state index in [1.54, 1.807) is 68.1 Å². The summed E-state index contributed by atoms with van der Waals surface area (Å²) in [6.45, 7) is 13.7. The van der Waals surface area contributed by atoms with Crippen molar-refractivity contribution in [1.82, 2.24) is 4.90 Å². The number of carbonyl (C=O) groups is 4. The number of ketones is 1. The molecule has 0 aromatic carbocycles. The SMILES string of the molecule is COC1C/C(C)=C/C=C/C(=O)O[C@@H]([C@H](C)[C@H](OC)[C@H](C)CCC(=O)[C@@H](C)[C@H](C/C=C/N(C)C=O)OC)[C@H](C)/C=C/[C@@H](OC)C[C@@H](OC)[C@H](C)/C=C/[C@@H](OC)C[C@H](OC)[C@H](C)[C@H]2OC(=O)C=C([C@H]2O)[C@@H]1OC. The fraction of sp³-hybridized carbons (Fsp3) is 0.709. The third-order valence-corrected chi connectivity index (χ3v) is 14.4. The highest BCUT2D eigenvalue weighted by Crippen LogP contribution is 2.34. The van der Waals surface area contributed by atoms with E-state index < -0.39 is 60.6 Å². The molecule has 0 spiro atoms. The lowest BCUT2D eigenvalue weighted by Gasteiger charge is -2.39. The number of amides is 1. The molecule has 2 rings (SSSR count). The van der Waals surface area contributed by atoms with Crippen LogP contribution in [-0.4, -0.2) is 165 Å². The average molecular weight is 1000 g/mol. The summed E-state index contributed by atoms with van der Waals surface area (Å²) in [6, 6.07) is 0. The summed E-state index contributed by atoms with van der Waals surface area (Å²) in [4.78, 5) is 52.9. The molecule has 0 fully saturated rings. The van der Waals surface area contributed by atoms with Crippen molar-refractivity contribution in [3.05, 3.63) is 72.0 Å². The van der Waals surface area contributed by atoms with Gasteiger partial charge in [-0.1, -0.05) is 89.6 Å². The molecule has 404 valence electrons. The molecule has 71 heavy (non-hydrogen) atoms. The smallest absolute Gasteiger partial charge is 0.331 e. The van der Waals surface area contributed by atoms with Gasteiger partial charge in [-0.3, -0.25) is 9.59 Å². The number of Topliss-reactive ketones (excluding diaryl/α,β-unsaturated/α-hetero) is 1. The van der Waals surface area contributed by atoms with Crippen LogP contribution in [0, 0.1) is 35.5 Å². The molecule has 0 radical (unpaired) electrons. The Morgan fingerprint density at radius 3 is 1.96 bits per heavy atom. The van der Waals surface area contributed by atoms with Crippen LogP contribution in [0.25, 0.3) is 0 Å². The number of esters is 2. The fourth-order valence-electron chi connectivity index (χ4n) is 9.73. The molecule has 0 aliphatic carbocycles. The molecule has 1 N–H and O–H groups in total. The largest absolute Gasteiger partial charge is 0.458 e. The van der Waals surface area contributed by atoms with E-state index in [-0.39, 0.29) is 59.8 Å². The highest BCUT2D eigenvalue weighted by Gasteiger charge is 2.43. The van der Waals surface area contributed by atoms with Crippen LogP contribution >= 0.6 is 0 Å². The van der Waals surface area contributed by atoms with Crippen molar-refractivity contribution >= 4 is 24.1 Å². The van der Waals surface area contributed by atoms with Crippen LogP contribution in [0.2, 0.25) is 0 Å². The fourth-order valence-corrected chi connectivity index (χ4v) is 9.73. The number of cyclic esters (lactones) is 1. The molecule has 0 saturated heterocycles. The van der Waals surface area contributed by atoms with Crippen molar-refractivity contribution in [3.8, 4) is 0 Å². The van der Waals surface area contributed by atoms with Gasteiger partial charge in [0.05, 0.1) is 42.7 Å². The number of methoxy groups -OCH3 is 8.